The molecule has 5 rings (SSSR count). The van der Waals surface area contributed by atoms with E-state index in [4.69, 9.17) is 14.2 Å². The number of likely N-dealkylation sites (tertiary alicyclic amines) is 1. The average molecular weight is 392 g/mol. The van der Waals surface area contributed by atoms with Crippen LogP contribution in [0.3, 0.4) is 0 Å². The molecule has 0 saturated carbocycles. The lowest BCUT2D eigenvalue weighted by molar-refractivity contribution is 0.0727. The molecule has 8 nitrogen and oxygen atoms in total. The topological polar surface area (TPSA) is 89.6 Å². The number of H-pyrrole nitrogens is 1. The zero-order valence-corrected chi connectivity index (χ0v) is 15.7. The van der Waals surface area contributed by atoms with Crippen molar-refractivity contribution in [2.24, 2.45) is 0 Å². The normalized spacial score (nSPS) is 17.5. The Balaban J connectivity index is 1.25. The summed E-state index contributed by atoms with van der Waals surface area (Å²) in [7, 11) is 0. The number of nitrogens with zero attached hydrogens (tertiary/aromatic N) is 3. The van der Waals surface area contributed by atoms with Gasteiger partial charge in [-0.3, -0.25) is 14.9 Å². The zero-order valence-electron chi connectivity index (χ0n) is 15.7. The van der Waals surface area contributed by atoms with E-state index in [1.54, 1.807) is 18.3 Å². The van der Waals surface area contributed by atoms with Gasteiger partial charge in [0.2, 0.25) is 6.79 Å². The monoisotopic (exact) mass is 392 g/mol. The van der Waals surface area contributed by atoms with Crippen LogP contribution in [-0.2, 0) is 6.61 Å². The number of carbonyl (C=O) groups is 1. The molecule has 8 heteroatoms. The van der Waals surface area contributed by atoms with Gasteiger partial charge in [-0.05, 0) is 43.2 Å². The minimum atomic E-state index is -0.0938. The van der Waals surface area contributed by atoms with Crippen LogP contribution >= 0.6 is 0 Å². The second kappa shape index (κ2) is 7.46. The Hall–Kier alpha value is -3.55. The zero-order chi connectivity index (χ0) is 19.6. The van der Waals surface area contributed by atoms with Gasteiger partial charge in [-0.25, -0.2) is 0 Å². The van der Waals surface area contributed by atoms with Crippen LogP contribution in [0.15, 0.2) is 48.7 Å². The molecule has 1 atom stereocenters. The van der Waals surface area contributed by atoms with Crippen LogP contribution in [0, 0.1) is 0 Å². The Labute approximate surface area is 167 Å². The maximum atomic E-state index is 13.0. The lowest BCUT2D eigenvalue weighted by Gasteiger charge is -2.23. The molecule has 1 N–H and O–H groups in total. The van der Waals surface area contributed by atoms with Crippen molar-refractivity contribution >= 4 is 5.91 Å². The highest BCUT2D eigenvalue weighted by Gasteiger charge is 2.32. The van der Waals surface area contributed by atoms with Gasteiger partial charge in [-0.2, -0.15) is 5.10 Å². The summed E-state index contributed by atoms with van der Waals surface area (Å²) in [6.45, 7) is 1.19. The van der Waals surface area contributed by atoms with Crippen molar-refractivity contribution in [1.29, 1.82) is 0 Å². The molecular formula is C21H20N4O4. The number of hydrogen-bond donors (Lipinski definition) is 1. The van der Waals surface area contributed by atoms with Gasteiger partial charge in [0.25, 0.3) is 5.91 Å². The maximum Gasteiger partial charge on any atom is 0.274 e. The number of fused-ring (bicyclic) bond motifs is 1. The first-order valence-electron chi connectivity index (χ1n) is 9.56. The lowest BCUT2D eigenvalue weighted by atomic mass is 10.1. The molecule has 2 aliphatic rings. The SMILES string of the molecule is O=C(c1cc(COc2ccc3c(c2)OCO3)[nH]n1)N1CCCC1c1ccccn1. The summed E-state index contributed by atoms with van der Waals surface area (Å²) in [6.07, 6.45) is 3.63. The van der Waals surface area contributed by atoms with E-state index in [0.717, 1.165) is 24.2 Å². The van der Waals surface area contributed by atoms with Gasteiger partial charge in [-0.15, -0.1) is 0 Å². The minimum absolute atomic E-state index is 0.00580. The molecule has 1 saturated heterocycles. The molecule has 0 bridgehead atoms. The summed E-state index contributed by atoms with van der Waals surface area (Å²) in [5.74, 6) is 1.94. The van der Waals surface area contributed by atoms with E-state index in [1.807, 2.05) is 35.2 Å². The third-order valence-corrected chi connectivity index (χ3v) is 5.13. The molecule has 0 radical (unpaired) electrons. The third-order valence-electron chi connectivity index (χ3n) is 5.13. The van der Waals surface area contributed by atoms with Crippen molar-refractivity contribution in [3.63, 3.8) is 0 Å². The van der Waals surface area contributed by atoms with Crippen molar-refractivity contribution in [2.75, 3.05) is 13.3 Å². The fourth-order valence-corrected chi connectivity index (χ4v) is 3.71. The Morgan fingerprint density at radius 1 is 1.21 bits per heavy atom. The quantitative estimate of drug-likeness (QED) is 0.718. The molecule has 3 aromatic rings. The highest BCUT2D eigenvalue weighted by Crippen LogP contribution is 2.35. The molecule has 148 valence electrons. The van der Waals surface area contributed by atoms with Gasteiger partial charge in [0.15, 0.2) is 17.2 Å². The smallest absolute Gasteiger partial charge is 0.274 e. The first-order chi connectivity index (χ1) is 14.3. The molecule has 1 aromatic carbocycles. The van der Waals surface area contributed by atoms with Crippen LogP contribution in [0.1, 0.15) is 40.8 Å². The Morgan fingerprint density at radius 2 is 2.14 bits per heavy atom. The van der Waals surface area contributed by atoms with Crippen molar-refractivity contribution in [1.82, 2.24) is 20.1 Å². The molecule has 0 spiro atoms. The number of nitrogens with one attached hydrogen (secondary N) is 1. The summed E-state index contributed by atoms with van der Waals surface area (Å²) in [6, 6.07) is 12.9. The number of hydrogen-bond acceptors (Lipinski definition) is 6. The first kappa shape index (κ1) is 17.5. The number of pyridine rings is 1. The number of carbonyl (C=O) groups excluding carboxylic acids is 1. The average Bonchev–Trinajstić information content (AvgIpc) is 3.52. The van der Waals surface area contributed by atoms with E-state index in [9.17, 15) is 4.79 Å². The van der Waals surface area contributed by atoms with E-state index in [-0.39, 0.29) is 25.3 Å². The van der Waals surface area contributed by atoms with E-state index < -0.39 is 0 Å². The molecular weight excluding hydrogens is 372 g/mol. The van der Waals surface area contributed by atoms with Crippen molar-refractivity contribution in [3.8, 4) is 17.2 Å². The molecule has 4 heterocycles. The van der Waals surface area contributed by atoms with Crippen molar-refractivity contribution < 1.29 is 19.0 Å². The Kier molecular flexibility index (Phi) is 4.51. The largest absolute Gasteiger partial charge is 0.487 e. The van der Waals surface area contributed by atoms with Crippen LogP contribution < -0.4 is 14.2 Å². The molecule has 1 amide bonds. The highest BCUT2D eigenvalue weighted by molar-refractivity contribution is 5.92. The number of amides is 1. The molecule has 29 heavy (non-hydrogen) atoms. The van der Waals surface area contributed by atoms with Gasteiger partial charge < -0.3 is 19.1 Å². The molecule has 1 unspecified atom stereocenters. The molecule has 2 aliphatic heterocycles. The number of ether oxygens (including phenoxy) is 3. The van der Waals surface area contributed by atoms with Crippen LogP contribution in [0.4, 0.5) is 0 Å². The van der Waals surface area contributed by atoms with Crippen molar-refractivity contribution in [2.45, 2.75) is 25.5 Å². The predicted octanol–water partition coefficient (Wildman–Crippen LogP) is 3.09. The number of aromatic amines is 1. The summed E-state index contributed by atoms with van der Waals surface area (Å²) >= 11 is 0. The van der Waals surface area contributed by atoms with Gasteiger partial charge in [-0.1, -0.05) is 6.07 Å². The van der Waals surface area contributed by atoms with E-state index >= 15 is 0 Å². The Morgan fingerprint density at radius 3 is 3.03 bits per heavy atom. The second-order valence-electron chi connectivity index (χ2n) is 6.99. The van der Waals surface area contributed by atoms with E-state index in [1.165, 1.54) is 0 Å². The predicted molar refractivity (Wildman–Crippen MR) is 103 cm³/mol. The van der Waals surface area contributed by atoms with Gasteiger partial charge in [0.1, 0.15) is 12.4 Å². The summed E-state index contributed by atoms with van der Waals surface area (Å²) < 4.78 is 16.4. The second-order valence-corrected chi connectivity index (χ2v) is 6.99. The van der Waals surface area contributed by atoms with Crippen LogP contribution in [0.5, 0.6) is 17.2 Å². The minimum Gasteiger partial charge on any atom is -0.487 e. The van der Waals surface area contributed by atoms with E-state index in [0.29, 0.717) is 29.5 Å². The third kappa shape index (κ3) is 3.49. The van der Waals surface area contributed by atoms with Gasteiger partial charge in [0.05, 0.1) is 17.4 Å². The highest BCUT2D eigenvalue weighted by atomic mass is 16.7. The number of benzene rings is 1. The number of aromatic nitrogens is 3. The van der Waals surface area contributed by atoms with Crippen LogP contribution in [0.25, 0.3) is 0 Å². The van der Waals surface area contributed by atoms with Gasteiger partial charge in [0, 0.05) is 18.8 Å². The fourth-order valence-electron chi connectivity index (χ4n) is 3.71. The number of rotatable bonds is 5. The summed E-state index contributed by atoms with van der Waals surface area (Å²) in [5, 5.41) is 7.09. The molecule has 0 aliphatic carbocycles. The molecule has 2 aromatic heterocycles. The summed E-state index contributed by atoms with van der Waals surface area (Å²) in [5.41, 5.74) is 2.02. The first-order valence-corrected chi connectivity index (χ1v) is 9.56. The van der Waals surface area contributed by atoms with Gasteiger partial charge >= 0.3 is 0 Å². The maximum absolute atomic E-state index is 13.0. The van der Waals surface area contributed by atoms with Crippen molar-refractivity contribution in [3.05, 3.63) is 65.7 Å². The summed E-state index contributed by atoms with van der Waals surface area (Å²) in [4.78, 5) is 19.3. The van der Waals surface area contributed by atoms with E-state index in [2.05, 4.69) is 15.2 Å². The standard InChI is InChI=1S/C21H20N4O4/c26-21(25-9-3-5-18(25)16-4-1-2-8-22-16)17-10-14(23-24-17)12-27-15-6-7-19-20(11-15)29-13-28-19/h1-2,4,6-8,10-11,18H,3,5,9,12-13H2,(H,23,24). The Bertz CT molecular complexity index is 1020. The van der Waals surface area contributed by atoms with Crippen LogP contribution in [-0.4, -0.2) is 39.3 Å². The van der Waals surface area contributed by atoms with Crippen LogP contribution in [0.2, 0.25) is 0 Å². The lowest BCUT2D eigenvalue weighted by Crippen LogP contribution is -2.31. The fraction of sp³-hybridized carbons (Fsp3) is 0.286. The molecule has 1 fully saturated rings.